The zero-order valence-corrected chi connectivity index (χ0v) is 16.8. The number of anilines is 1. The molecule has 1 aliphatic carbocycles. The third-order valence-electron chi connectivity index (χ3n) is 4.37. The lowest BCUT2D eigenvalue weighted by Crippen LogP contribution is -2.30. The summed E-state index contributed by atoms with van der Waals surface area (Å²) in [6, 6.07) is 8.05. The lowest BCUT2D eigenvalue weighted by molar-refractivity contribution is 0.103. The fraction of sp³-hybridized carbons (Fsp3) is 0.421. The van der Waals surface area contributed by atoms with E-state index in [9.17, 15) is 13.2 Å². The predicted molar refractivity (Wildman–Crippen MR) is 105 cm³/mol. The van der Waals surface area contributed by atoms with Gasteiger partial charge in [0.05, 0.1) is 9.77 Å². The fourth-order valence-corrected chi connectivity index (χ4v) is 5.46. The summed E-state index contributed by atoms with van der Waals surface area (Å²) in [4.78, 5) is 14.7. The Bertz CT molecular complexity index is 899. The number of amides is 1. The van der Waals surface area contributed by atoms with Crippen LogP contribution in [-0.2, 0) is 22.9 Å². The maximum Gasteiger partial charge on any atom is 0.265 e. The summed E-state index contributed by atoms with van der Waals surface area (Å²) in [5.41, 5.74) is 1.87. The number of benzene rings is 1. The molecular weight excluding hydrogens is 368 g/mol. The van der Waals surface area contributed by atoms with Crippen molar-refractivity contribution in [3.63, 3.8) is 0 Å². The van der Waals surface area contributed by atoms with Crippen molar-refractivity contribution in [2.45, 2.75) is 51.0 Å². The number of carbonyl (C=O) groups is 1. The van der Waals surface area contributed by atoms with Crippen molar-refractivity contribution in [1.29, 1.82) is 0 Å². The van der Waals surface area contributed by atoms with Crippen molar-refractivity contribution in [3.8, 4) is 0 Å². The molecule has 1 atom stereocenters. The van der Waals surface area contributed by atoms with Crippen molar-refractivity contribution in [2.75, 3.05) is 5.32 Å². The second-order valence-electron chi connectivity index (χ2n) is 7.16. The lowest BCUT2D eigenvalue weighted by atomic mass is 9.90. The van der Waals surface area contributed by atoms with Gasteiger partial charge in [-0.2, -0.15) is 0 Å². The first kappa shape index (κ1) is 19.1. The van der Waals surface area contributed by atoms with Gasteiger partial charge in [-0.1, -0.05) is 6.92 Å². The normalized spacial score (nSPS) is 17.2. The highest BCUT2D eigenvalue weighted by atomic mass is 32.2. The molecule has 0 radical (unpaired) electrons. The largest absolute Gasteiger partial charge is 0.321 e. The number of rotatable bonds is 5. The highest BCUT2D eigenvalue weighted by molar-refractivity contribution is 7.89. The summed E-state index contributed by atoms with van der Waals surface area (Å²) in [6.45, 7) is 5.78. The minimum Gasteiger partial charge on any atom is -0.321 e. The first-order valence-corrected chi connectivity index (χ1v) is 11.1. The molecule has 0 saturated carbocycles. The SMILES string of the molecule is CC1CCc2sc(C(=O)Nc3ccc(S(=O)(=O)NC(C)C)cc3)cc2C1. The maximum absolute atomic E-state index is 12.5. The summed E-state index contributed by atoms with van der Waals surface area (Å²) < 4.78 is 26.8. The Hall–Kier alpha value is -1.70. The number of fused-ring (bicyclic) bond motifs is 1. The van der Waals surface area contributed by atoms with Gasteiger partial charge in [-0.05, 0) is 74.9 Å². The van der Waals surface area contributed by atoms with Crippen molar-refractivity contribution < 1.29 is 13.2 Å². The van der Waals surface area contributed by atoms with Crippen LogP contribution in [0.1, 0.15) is 47.3 Å². The number of carbonyl (C=O) groups excluding carboxylic acids is 1. The van der Waals surface area contributed by atoms with Gasteiger partial charge in [0.25, 0.3) is 5.91 Å². The van der Waals surface area contributed by atoms with Crippen LogP contribution in [0.15, 0.2) is 35.2 Å². The van der Waals surface area contributed by atoms with Gasteiger partial charge < -0.3 is 5.32 Å². The van der Waals surface area contributed by atoms with Crippen molar-refractivity contribution in [3.05, 3.63) is 45.6 Å². The molecule has 0 aliphatic heterocycles. The Morgan fingerprint density at radius 3 is 2.58 bits per heavy atom. The van der Waals surface area contributed by atoms with E-state index in [-0.39, 0.29) is 16.8 Å². The van der Waals surface area contributed by atoms with Crippen LogP contribution in [0.2, 0.25) is 0 Å². The Kier molecular flexibility index (Phi) is 5.50. The van der Waals surface area contributed by atoms with E-state index in [1.54, 1.807) is 37.3 Å². The molecule has 1 aromatic carbocycles. The molecule has 1 amide bonds. The molecule has 2 aromatic rings. The first-order chi connectivity index (χ1) is 12.2. The number of nitrogens with one attached hydrogen (secondary N) is 2. The van der Waals surface area contributed by atoms with Crippen LogP contribution in [-0.4, -0.2) is 20.4 Å². The summed E-state index contributed by atoms with van der Waals surface area (Å²) >= 11 is 1.56. The van der Waals surface area contributed by atoms with E-state index < -0.39 is 10.0 Å². The van der Waals surface area contributed by atoms with Crippen molar-refractivity contribution in [2.24, 2.45) is 5.92 Å². The van der Waals surface area contributed by atoms with E-state index in [2.05, 4.69) is 17.0 Å². The summed E-state index contributed by atoms with van der Waals surface area (Å²) in [5.74, 6) is 0.523. The van der Waals surface area contributed by atoms with Crippen LogP contribution in [0, 0.1) is 5.92 Å². The first-order valence-electron chi connectivity index (χ1n) is 8.80. The average Bonchev–Trinajstić information content (AvgIpc) is 2.97. The van der Waals surface area contributed by atoms with Gasteiger partial charge >= 0.3 is 0 Å². The zero-order chi connectivity index (χ0) is 18.9. The highest BCUT2D eigenvalue weighted by Gasteiger charge is 2.21. The molecule has 1 unspecified atom stereocenters. The molecule has 1 aliphatic rings. The number of thiophene rings is 1. The van der Waals surface area contributed by atoms with Gasteiger partial charge in [0.15, 0.2) is 0 Å². The highest BCUT2D eigenvalue weighted by Crippen LogP contribution is 2.32. The minimum atomic E-state index is -3.52. The zero-order valence-electron chi connectivity index (χ0n) is 15.2. The molecule has 26 heavy (non-hydrogen) atoms. The van der Waals surface area contributed by atoms with E-state index in [1.807, 2.05) is 6.07 Å². The molecule has 3 rings (SSSR count). The second-order valence-corrected chi connectivity index (χ2v) is 10.0. The molecular formula is C19H24N2O3S2. The van der Waals surface area contributed by atoms with Gasteiger partial charge in [-0.25, -0.2) is 13.1 Å². The topological polar surface area (TPSA) is 75.3 Å². The van der Waals surface area contributed by atoms with Crippen molar-refractivity contribution in [1.82, 2.24) is 4.72 Å². The third-order valence-corrected chi connectivity index (χ3v) is 7.28. The van der Waals surface area contributed by atoms with E-state index in [0.717, 1.165) is 12.8 Å². The van der Waals surface area contributed by atoms with E-state index in [0.29, 0.717) is 16.5 Å². The molecule has 0 spiro atoms. The smallest absolute Gasteiger partial charge is 0.265 e. The summed E-state index contributed by atoms with van der Waals surface area (Å²) in [7, 11) is -3.52. The van der Waals surface area contributed by atoms with Crippen LogP contribution >= 0.6 is 11.3 Å². The van der Waals surface area contributed by atoms with Crippen LogP contribution < -0.4 is 10.0 Å². The summed E-state index contributed by atoms with van der Waals surface area (Å²) in [6.07, 6.45) is 3.26. The maximum atomic E-state index is 12.5. The van der Waals surface area contributed by atoms with E-state index in [4.69, 9.17) is 0 Å². The Morgan fingerprint density at radius 1 is 1.23 bits per heavy atom. The second kappa shape index (κ2) is 7.50. The molecule has 0 saturated heterocycles. The monoisotopic (exact) mass is 392 g/mol. The molecule has 5 nitrogen and oxygen atoms in total. The van der Waals surface area contributed by atoms with Crippen molar-refractivity contribution >= 4 is 33.0 Å². The van der Waals surface area contributed by atoms with E-state index >= 15 is 0 Å². The molecule has 140 valence electrons. The van der Waals surface area contributed by atoms with Gasteiger partial charge in [-0.3, -0.25) is 4.79 Å². The van der Waals surface area contributed by atoms with E-state index in [1.165, 1.54) is 29.0 Å². The molecule has 1 aromatic heterocycles. The lowest BCUT2D eigenvalue weighted by Gasteiger charge is -2.16. The average molecular weight is 393 g/mol. The molecule has 1 heterocycles. The predicted octanol–water partition coefficient (Wildman–Crippen LogP) is 3.81. The van der Waals surface area contributed by atoms with Crippen LogP contribution in [0.25, 0.3) is 0 Å². The third kappa shape index (κ3) is 4.34. The minimum absolute atomic E-state index is 0.145. The molecule has 2 N–H and O–H groups in total. The number of hydrogen-bond donors (Lipinski definition) is 2. The number of sulfonamides is 1. The molecule has 7 heteroatoms. The Labute approximate surface area is 158 Å². The molecule has 0 bridgehead atoms. The Morgan fingerprint density at radius 2 is 1.92 bits per heavy atom. The quantitative estimate of drug-likeness (QED) is 0.812. The number of aryl methyl sites for hydroxylation is 1. The Balaban J connectivity index is 1.70. The van der Waals surface area contributed by atoms with Crippen LogP contribution in [0.3, 0.4) is 0 Å². The van der Waals surface area contributed by atoms with Crippen LogP contribution in [0.4, 0.5) is 5.69 Å². The molecule has 0 fully saturated rings. The number of hydrogen-bond acceptors (Lipinski definition) is 4. The van der Waals surface area contributed by atoms with Gasteiger partial charge in [0.2, 0.25) is 10.0 Å². The fourth-order valence-electron chi connectivity index (χ4n) is 3.11. The van der Waals surface area contributed by atoms with Crippen LogP contribution in [0.5, 0.6) is 0 Å². The van der Waals surface area contributed by atoms with Gasteiger partial charge in [-0.15, -0.1) is 11.3 Å². The summed E-state index contributed by atoms with van der Waals surface area (Å²) in [5, 5.41) is 2.85. The standard InChI is InChI=1S/C19H24N2O3S2/c1-12(2)21-26(23,24)16-7-5-15(6-8-16)20-19(22)18-11-14-10-13(3)4-9-17(14)25-18/h5-8,11-13,21H,4,9-10H2,1-3H3,(H,20,22). The van der Waals surface area contributed by atoms with Gasteiger partial charge in [0, 0.05) is 16.6 Å². The van der Waals surface area contributed by atoms with Gasteiger partial charge in [0.1, 0.15) is 0 Å².